The van der Waals surface area contributed by atoms with Crippen LogP contribution in [0.5, 0.6) is 0 Å². The molecule has 2 fully saturated rings. The average molecular weight is 361 g/mol. The Bertz CT molecular complexity index is 939. The van der Waals surface area contributed by atoms with E-state index in [-0.39, 0.29) is 18.4 Å². The van der Waals surface area contributed by atoms with Crippen LogP contribution in [0.15, 0.2) is 72.3 Å². The Balaban J connectivity index is 1.58. The largest absolute Gasteiger partial charge is 0.392 e. The third-order valence-corrected chi connectivity index (χ3v) is 5.87. The maximum atomic E-state index is 13.3. The first-order chi connectivity index (χ1) is 13.1. The van der Waals surface area contributed by atoms with Gasteiger partial charge in [-0.1, -0.05) is 48.5 Å². The van der Waals surface area contributed by atoms with Crippen LogP contribution in [0.4, 0.5) is 5.69 Å². The fourth-order valence-corrected chi connectivity index (χ4v) is 4.80. The second kappa shape index (κ2) is 5.87. The van der Waals surface area contributed by atoms with E-state index in [4.69, 9.17) is 4.74 Å². The lowest BCUT2D eigenvalue weighted by atomic mass is 9.72. The molecule has 5 rings (SSSR count). The van der Waals surface area contributed by atoms with Gasteiger partial charge in [0, 0.05) is 6.42 Å². The quantitative estimate of drug-likeness (QED) is 0.669. The van der Waals surface area contributed by atoms with Crippen molar-refractivity contribution in [3.05, 3.63) is 77.9 Å². The number of hydrogen-bond donors (Lipinski definition) is 1. The third kappa shape index (κ3) is 2.25. The molecule has 4 atom stereocenters. The molecule has 5 nitrogen and oxygen atoms in total. The summed E-state index contributed by atoms with van der Waals surface area (Å²) in [7, 11) is 0. The first kappa shape index (κ1) is 16.4. The summed E-state index contributed by atoms with van der Waals surface area (Å²) in [6.07, 6.45) is 1.84. The molecule has 1 N–H and O–H groups in total. The third-order valence-electron chi connectivity index (χ3n) is 5.87. The molecule has 2 amide bonds. The Morgan fingerprint density at radius 3 is 2.30 bits per heavy atom. The number of anilines is 1. The normalized spacial score (nSPS) is 31.4. The SMILES string of the molecule is O=C1[C@H]2[C@@H](C(=O)N1c1ccccc1)[C@]1(Cc3ccccc3)C=C(CO)[C@@H]2O1. The standard InChI is InChI=1S/C22H19NO4/c24-13-15-12-22(11-14-7-3-1-4-8-14)18-17(19(15)27-22)20(25)23(21(18)26)16-9-5-2-6-10-16/h1-10,12,17-19,24H,11,13H2/t17-,18-,19-,22-/m0/s1. The summed E-state index contributed by atoms with van der Waals surface area (Å²) >= 11 is 0. The number of imide groups is 1. The van der Waals surface area contributed by atoms with Crippen molar-refractivity contribution in [1.29, 1.82) is 0 Å². The van der Waals surface area contributed by atoms with Crippen molar-refractivity contribution < 1.29 is 19.4 Å². The summed E-state index contributed by atoms with van der Waals surface area (Å²) in [6, 6.07) is 18.8. The average Bonchev–Trinajstić information content (AvgIpc) is 3.30. The number of hydrogen-bond acceptors (Lipinski definition) is 4. The van der Waals surface area contributed by atoms with E-state index in [1.54, 1.807) is 12.1 Å². The van der Waals surface area contributed by atoms with Crippen LogP contribution in [0, 0.1) is 11.8 Å². The highest BCUT2D eigenvalue weighted by Crippen LogP contribution is 2.55. The van der Waals surface area contributed by atoms with Crippen LogP contribution in [0.2, 0.25) is 0 Å². The van der Waals surface area contributed by atoms with E-state index in [1.165, 1.54) is 4.90 Å². The fourth-order valence-electron chi connectivity index (χ4n) is 4.80. The van der Waals surface area contributed by atoms with Gasteiger partial charge in [0.1, 0.15) is 5.60 Å². The lowest BCUT2D eigenvalue weighted by Crippen LogP contribution is -2.42. The number of carbonyl (C=O) groups excluding carboxylic acids is 2. The van der Waals surface area contributed by atoms with E-state index in [0.29, 0.717) is 17.7 Å². The number of amides is 2. The number of para-hydroxylation sites is 1. The minimum absolute atomic E-state index is 0.169. The van der Waals surface area contributed by atoms with Crippen molar-refractivity contribution in [1.82, 2.24) is 0 Å². The molecule has 0 unspecified atom stereocenters. The van der Waals surface area contributed by atoms with E-state index in [0.717, 1.165) is 5.56 Å². The highest BCUT2D eigenvalue weighted by atomic mass is 16.5. The Hall–Kier alpha value is -2.76. The molecule has 3 heterocycles. The van der Waals surface area contributed by atoms with E-state index in [2.05, 4.69) is 0 Å². The summed E-state index contributed by atoms with van der Waals surface area (Å²) in [5, 5.41) is 9.77. The second-order valence-electron chi connectivity index (χ2n) is 7.38. The van der Waals surface area contributed by atoms with Crippen molar-refractivity contribution in [2.24, 2.45) is 11.8 Å². The molecule has 2 saturated heterocycles. The van der Waals surface area contributed by atoms with E-state index >= 15 is 0 Å². The van der Waals surface area contributed by atoms with Gasteiger partial charge >= 0.3 is 0 Å². The van der Waals surface area contributed by atoms with Gasteiger partial charge in [-0.3, -0.25) is 9.59 Å². The Morgan fingerprint density at radius 2 is 1.63 bits per heavy atom. The highest BCUT2D eigenvalue weighted by molar-refractivity contribution is 6.23. The zero-order valence-corrected chi connectivity index (χ0v) is 14.6. The predicted molar refractivity (Wildman–Crippen MR) is 98.8 cm³/mol. The lowest BCUT2D eigenvalue weighted by Gasteiger charge is -2.29. The molecule has 0 radical (unpaired) electrons. The maximum Gasteiger partial charge on any atom is 0.241 e. The molecular weight excluding hydrogens is 342 g/mol. The summed E-state index contributed by atoms with van der Waals surface area (Å²) in [4.78, 5) is 27.8. The van der Waals surface area contributed by atoms with Crippen LogP contribution < -0.4 is 4.90 Å². The molecule has 2 aromatic carbocycles. The molecule has 5 heteroatoms. The van der Waals surface area contributed by atoms with E-state index < -0.39 is 23.5 Å². The molecule has 0 aliphatic carbocycles. The van der Waals surface area contributed by atoms with Gasteiger partial charge in [0.15, 0.2) is 0 Å². The minimum Gasteiger partial charge on any atom is -0.392 e. The zero-order valence-electron chi connectivity index (χ0n) is 14.6. The first-order valence-electron chi connectivity index (χ1n) is 9.12. The van der Waals surface area contributed by atoms with Gasteiger partial charge in [-0.25, -0.2) is 4.90 Å². The lowest BCUT2D eigenvalue weighted by molar-refractivity contribution is -0.126. The molecule has 2 bridgehead atoms. The van der Waals surface area contributed by atoms with Crippen molar-refractivity contribution in [3.8, 4) is 0 Å². The van der Waals surface area contributed by atoms with Crippen LogP contribution in [0.25, 0.3) is 0 Å². The van der Waals surface area contributed by atoms with Crippen molar-refractivity contribution in [2.75, 3.05) is 11.5 Å². The van der Waals surface area contributed by atoms with Crippen molar-refractivity contribution >= 4 is 17.5 Å². The zero-order chi connectivity index (χ0) is 18.6. The van der Waals surface area contributed by atoms with Gasteiger partial charge in [-0.15, -0.1) is 0 Å². The molecule has 3 aliphatic heterocycles. The van der Waals surface area contributed by atoms with Crippen LogP contribution in [-0.4, -0.2) is 35.2 Å². The molecule has 0 saturated carbocycles. The number of aliphatic hydroxyl groups excluding tert-OH is 1. The smallest absolute Gasteiger partial charge is 0.241 e. The molecule has 0 spiro atoms. The molecule has 2 aromatic rings. The van der Waals surface area contributed by atoms with Crippen LogP contribution >= 0.6 is 0 Å². The predicted octanol–water partition coefficient (Wildman–Crippen LogP) is 2.10. The Labute approximate surface area is 156 Å². The number of benzene rings is 2. The number of ether oxygens (including phenoxy) is 1. The Morgan fingerprint density at radius 1 is 0.963 bits per heavy atom. The van der Waals surface area contributed by atoms with Gasteiger partial charge in [0.05, 0.1) is 30.2 Å². The van der Waals surface area contributed by atoms with Crippen molar-refractivity contribution in [3.63, 3.8) is 0 Å². The number of nitrogens with zero attached hydrogens (tertiary/aromatic N) is 1. The maximum absolute atomic E-state index is 13.3. The number of fused-ring (bicyclic) bond motifs is 5. The van der Waals surface area contributed by atoms with Crippen LogP contribution in [-0.2, 0) is 20.7 Å². The van der Waals surface area contributed by atoms with Gasteiger partial charge in [-0.2, -0.15) is 0 Å². The van der Waals surface area contributed by atoms with Gasteiger partial charge in [0.25, 0.3) is 0 Å². The summed E-state index contributed by atoms with van der Waals surface area (Å²) in [6.45, 7) is -0.169. The summed E-state index contributed by atoms with van der Waals surface area (Å²) in [5.74, 6) is -1.60. The van der Waals surface area contributed by atoms with Gasteiger partial charge < -0.3 is 9.84 Å². The number of rotatable bonds is 4. The minimum atomic E-state index is -0.884. The molecule has 27 heavy (non-hydrogen) atoms. The summed E-state index contributed by atoms with van der Waals surface area (Å²) in [5.41, 5.74) is 1.43. The second-order valence-corrected chi connectivity index (χ2v) is 7.38. The van der Waals surface area contributed by atoms with Crippen molar-refractivity contribution in [2.45, 2.75) is 18.1 Å². The number of carbonyl (C=O) groups is 2. The van der Waals surface area contributed by atoms with E-state index in [1.807, 2.05) is 54.6 Å². The molecule has 3 aliphatic rings. The molecule has 136 valence electrons. The Kier molecular flexibility index (Phi) is 3.57. The fraction of sp³-hybridized carbons (Fsp3) is 0.273. The van der Waals surface area contributed by atoms with E-state index in [9.17, 15) is 14.7 Å². The highest BCUT2D eigenvalue weighted by Gasteiger charge is 2.69. The monoisotopic (exact) mass is 361 g/mol. The molecule has 0 aromatic heterocycles. The van der Waals surface area contributed by atoms with Gasteiger partial charge in [0.2, 0.25) is 11.8 Å². The molecular formula is C22H19NO4. The van der Waals surface area contributed by atoms with Gasteiger partial charge in [-0.05, 0) is 29.3 Å². The van der Waals surface area contributed by atoms with Crippen LogP contribution in [0.3, 0.4) is 0 Å². The topological polar surface area (TPSA) is 66.8 Å². The summed E-state index contributed by atoms with van der Waals surface area (Å²) < 4.78 is 6.24. The van der Waals surface area contributed by atoms with Crippen LogP contribution in [0.1, 0.15) is 5.56 Å². The number of aliphatic hydroxyl groups is 1. The first-order valence-corrected chi connectivity index (χ1v) is 9.12.